The maximum atomic E-state index is 4.86. The molecule has 0 amide bonds. The van der Waals surface area contributed by atoms with Crippen LogP contribution in [-0.4, -0.2) is 21.4 Å². The van der Waals surface area contributed by atoms with Gasteiger partial charge in [-0.1, -0.05) is 30.3 Å². The average Bonchev–Trinajstić information content (AvgIpc) is 3.29. The second-order valence-electron chi connectivity index (χ2n) is 6.46. The zero-order chi connectivity index (χ0) is 17.1. The molecule has 128 valence electrons. The second kappa shape index (κ2) is 7.33. The lowest BCUT2D eigenvalue weighted by molar-refractivity contribution is 0.244. The highest BCUT2D eigenvalue weighted by Crippen LogP contribution is 2.33. The van der Waals surface area contributed by atoms with Crippen molar-refractivity contribution >= 4 is 22.3 Å². The highest BCUT2D eigenvalue weighted by molar-refractivity contribution is 7.13. The minimum Gasteiger partial charge on any atom is -0.316 e. The number of hydrogen-bond donors (Lipinski definition) is 1. The van der Waals surface area contributed by atoms with E-state index in [1.165, 1.54) is 24.0 Å². The van der Waals surface area contributed by atoms with Crippen molar-refractivity contribution in [2.45, 2.75) is 32.4 Å². The zero-order valence-electron chi connectivity index (χ0n) is 14.4. The smallest absolute Gasteiger partial charge is 0.188 e. The summed E-state index contributed by atoms with van der Waals surface area (Å²) in [5.74, 6) is 0.871. The summed E-state index contributed by atoms with van der Waals surface area (Å²) in [5.41, 5.74) is 3.92. The van der Waals surface area contributed by atoms with Crippen LogP contribution >= 0.6 is 11.3 Å². The summed E-state index contributed by atoms with van der Waals surface area (Å²) in [5, 5.41) is 6.15. The van der Waals surface area contributed by atoms with Crippen LogP contribution in [0.5, 0.6) is 0 Å². The van der Waals surface area contributed by atoms with Gasteiger partial charge in [-0.2, -0.15) is 0 Å². The molecule has 1 N–H and O–H groups in total. The van der Waals surface area contributed by atoms with Crippen molar-refractivity contribution in [3.63, 3.8) is 0 Å². The van der Waals surface area contributed by atoms with Gasteiger partial charge in [-0.25, -0.2) is 9.97 Å². The largest absolute Gasteiger partial charge is 0.316 e. The Labute approximate surface area is 152 Å². The summed E-state index contributed by atoms with van der Waals surface area (Å²) in [7, 11) is 0. The second-order valence-corrected chi connectivity index (χ2v) is 7.36. The molecule has 25 heavy (non-hydrogen) atoms. The molecule has 4 rings (SSSR count). The summed E-state index contributed by atoms with van der Waals surface area (Å²) in [6.45, 7) is 4.31. The molecule has 1 aliphatic heterocycles. The lowest BCUT2D eigenvalue weighted by Gasteiger charge is -2.25. The number of nitrogens with zero attached hydrogens (tertiary/aromatic N) is 3. The first-order chi connectivity index (χ1) is 12.3. The van der Waals surface area contributed by atoms with Crippen LogP contribution in [0.3, 0.4) is 0 Å². The van der Waals surface area contributed by atoms with Crippen LogP contribution in [0.1, 0.15) is 35.7 Å². The number of aromatic nitrogens is 2. The maximum absolute atomic E-state index is 4.86. The molecule has 4 nitrogen and oxygen atoms in total. The Morgan fingerprint density at radius 1 is 1.20 bits per heavy atom. The Balaban J connectivity index is 1.53. The number of anilines is 2. The summed E-state index contributed by atoms with van der Waals surface area (Å²) in [6, 6.07) is 15.3. The van der Waals surface area contributed by atoms with Crippen molar-refractivity contribution in [2.24, 2.45) is 0 Å². The van der Waals surface area contributed by atoms with E-state index in [9.17, 15) is 0 Å². The predicted octanol–water partition coefficient (Wildman–Crippen LogP) is 4.93. The minimum atomic E-state index is 0.387. The summed E-state index contributed by atoms with van der Waals surface area (Å²) in [4.78, 5) is 11.7. The van der Waals surface area contributed by atoms with Gasteiger partial charge in [-0.15, -0.1) is 11.3 Å². The molecule has 2 aromatic heterocycles. The molecule has 3 heterocycles. The van der Waals surface area contributed by atoms with Crippen molar-refractivity contribution in [3.05, 3.63) is 70.9 Å². The fraction of sp³-hybridized carbons (Fsp3) is 0.300. The first kappa shape index (κ1) is 16.2. The molecule has 1 atom stereocenters. The Hall–Kier alpha value is -2.24. The van der Waals surface area contributed by atoms with Crippen LogP contribution in [0.2, 0.25) is 0 Å². The predicted molar refractivity (Wildman–Crippen MR) is 103 cm³/mol. The van der Waals surface area contributed by atoms with Crippen molar-refractivity contribution in [3.8, 4) is 0 Å². The average molecular weight is 350 g/mol. The SMILES string of the molecule is Cc1ccccc1CN1CCC[C@H]1c1cccc(Nc2nccs2)n1. The topological polar surface area (TPSA) is 41.0 Å². The molecular formula is C20H22N4S. The lowest BCUT2D eigenvalue weighted by atomic mass is 10.1. The van der Waals surface area contributed by atoms with Crippen LogP contribution in [0.15, 0.2) is 54.0 Å². The fourth-order valence-corrected chi connectivity index (χ4v) is 3.99. The normalized spacial score (nSPS) is 17.7. The van der Waals surface area contributed by atoms with Crippen LogP contribution in [0, 0.1) is 6.92 Å². The van der Waals surface area contributed by atoms with Gasteiger partial charge in [0.1, 0.15) is 5.82 Å². The fourth-order valence-electron chi connectivity index (χ4n) is 3.46. The monoisotopic (exact) mass is 350 g/mol. The van der Waals surface area contributed by atoms with Crippen LogP contribution in [0.4, 0.5) is 10.9 Å². The zero-order valence-corrected chi connectivity index (χ0v) is 15.2. The van der Waals surface area contributed by atoms with E-state index in [1.54, 1.807) is 17.5 Å². The quantitative estimate of drug-likeness (QED) is 0.708. The van der Waals surface area contributed by atoms with Gasteiger partial charge >= 0.3 is 0 Å². The number of likely N-dealkylation sites (tertiary alicyclic amines) is 1. The highest BCUT2D eigenvalue weighted by atomic mass is 32.1. The molecule has 1 aromatic carbocycles. The van der Waals surface area contributed by atoms with Gasteiger partial charge in [0, 0.05) is 18.1 Å². The van der Waals surface area contributed by atoms with E-state index in [4.69, 9.17) is 4.98 Å². The third kappa shape index (κ3) is 3.72. The third-order valence-corrected chi connectivity index (χ3v) is 5.47. The van der Waals surface area contributed by atoms with Gasteiger partial charge in [-0.05, 0) is 49.6 Å². The molecule has 0 unspecified atom stereocenters. The number of aryl methyl sites for hydroxylation is 1. The van der Waals surface area contributed by atoms with Crippen LogP contribution in [-0.2, 0) is 6.54 Å². The number of rotatable bonds is 5. The van der Waals surface area contributed by atoms with Gasteiger partial charge < -0.3 is 5.32 Å². The van der Waals surface area contributed by atoms with Crippen LogP contribution < -0.4 is 5.32 Å². The van der Waals surface area contributed by atoms with E-state index < -0.39 is 0 Å². The Bertz CT molecular complexity index is 831. The first-order valence-corrected chi connectivity index (χ1v) is 9.59. The van der Waals surface area contributed by atoms with E-state index in [-0.39, 0.29) is 0 Å². The molecule has 0 aliphatic carbocycles. The number of nitrogens with one attached hydrogen (secondary N) is 1. The Kier molecular flexibility index (Phi) is 4.76. The van der Waals surface area contributed by atoms with Crippen LogP contribution in [0.25, 0.3) is 0 Å². The van der Waals surface area contributed by atoms with E-state index >= 15 is 0 Å². The van der Waals surface area contributed by atoms with E-state index in [0.717, 1.165) is 29.7 Å². The van der Waals surface area contributed by atoms with Gasteiger partial charge in [0.05, 0.1) is 11.7 Å². The van der Waals surface area contributed by atoms with Crippen molar-refractivity contribution in [1.82, 2.24) is 14.9 Å². The molecule has 0 spiro atoms. The molecule has 1 fully saturated rings. The van der Waals surface area contributed by atoms with Gasteiger partial charge in [0.15, 0.2) is 5.13 Å². The third-order valence-electron chi connectivity index (χ3n) is 4.78. The molecule has 0 saturated carbocycles. The van der Waals surface area contributed by atoms with Gasteiger partial charge in [-0.3, -0.25) is 4.90 Å². The lowest BCUT2D eigenvalue weighted by Crippen LogP contribution is -2.24. The van der Waals surface area contributed by atoms with E-state index in [0.29, 0.717) is 6.04 Å². The molecular weight excluding hydrogens is 328 g/mol. The first-order valence-electron chi connectivity index (χ1n) is 8.71. The number of benzene rings is 1. The van der Waals surface area contributed by atoms with Crippen molar-refractivity contribution < 1.29 is 0 Å². The Morgan fingerprint density at radius 2 is 2.12 bits per heavy atom. The summed E-state index contributed by atoms with van der Waals surface area (Å²) < 4.78 is 0. The molecule has 0 bridgehead atoms. The Morgan fingerprint density at radius 3 is 2.96 bits per heavy atom. The summed E-state index contributed by atoms with van der Waals surface area (Å²) >= 11 is 1.59. The number of pyridine rings is 1. The van der Waals surface area contributed by atoms with Crippen molar-refractivity contribution in [2.75, 3.05) is 11.9 Å². The van der Waals surface area contributed by atoms with E-state index in [2.05, 4.69) is 58.5 Å². The standard InChI is InChI=1S/C20H22N4S/c1-15-6-2-3-7-16(15)14-24-12-5-9-18(24)17-8-4-10-19(22-17)23-20-21-11-13-25-20/h2-4,6-8,10-11,13,18H,5,9,12,14H2,1H3,(H,21,22,23)/t18-/m0/s1. The molecule has 0 radical (unpaired) electrons. The molecule has 1 saturated heterocycles. The summed E-state index contributed by atoms with van der Waals surface area (Å²) in [6.07, 6.45) is 4.19. The number of thiazole rings is 1. The van der Waals surface area contributed by atoms with Gasteiger partial charge in [0.25, 0.3) is 0 Å². The molecule has 5 heteroatoms. The van der Waals surface area contributed by atoms with Gasteiger partial charge in [0.2, 0.25) is 0 Å². The van der Waals surface area contributed by atoms with E-state index in [1.807, 2.05) is 11.4 Å². The number of hydrogen-bond acceptors (Lipinski definition) is 5. The molecule has 3 aromatic rings. The minimum absolute atomic E-state index is 0.387. The van der Waals surface area contributed by atoms with Crippen molar-refractivity contribution in [1.29, 1.82) is 0 Å². The highest BCUT2D eigenvalue weighted by Gasteiger charge is 2.27. The molecule has 1 aliphatic rings. The maximum Gasteiger partial charge on any atom is 0.188 e.